The molecule has 0 aliphatic rings. The normalized spacial score (nSPS) is 11.5. The lowest BCUT2D eigenvalue weighted by molar-refractivity contribution is 0.180. The number of likely N-dealkylation sites (N-methyl/N-ethyl adjacent to an activating group) is 1. The number of nitrogens with one attached hydrogen (secondary N) is 2. The number of aliphatic imine (C=N–C) groups is 1. The topological polar surface area (TPSA) is 61.4 Å². The number of hydrogen-bond acceptors (Lipinski definition) is 5. The fourth-order valence-electron chi connectivity index (χ4n) is 2.64. The van der Waals surface area contributed by atoms with Gasteiger partial charge in [-0.1, -0.05) is 12.1 Å². The maximum Gasteiger partial charge on any atom is 0.191 e. The van der Waals surface area contributed by atoms with E-state index in [9.17, 15) is 0 Å². The minimum atomic E-state index is 0. The monoisotopic (exact) mass is 521 g/mol. The Balaban J connectivity index is 0.00000784. The first-order valence-electron chi connectivity index (χ1n) is 10.0. The fourth-order valence-corrected chi connectivity index (χ4v) is 2.64. The standard InChI is InChI=1S/C21H39N5O2.HI/c1-22-21(23-12-15-26(4)14-7-16-27-5)24-18-19-8-10-20(11-9-19)28-17-6-13-25(2)3;/h8-11H,6-7,12-18H2,1-5H3,(H2,22,23,24);1H. The lowest BCUT2D eigenvalue weighted by Gasteiger charge is -2.18. The number of benzene rings is 1. The van der Waals surface area contributed by atoms with Crippen molar-refractivity contribution < 1.29 is 9.47 Å². The molecule has 29 heavy (non-hydrogen) atoms. The molecule has 0 aliphatic carbocycles. The molecule has 0 aliphatic heterocycles. The van der Waals surface area contributed by atoms with Crippen LogP contribution in [0.15, 0.2) is 29.3 Å². The molecule has 0 bridgehead atoms. The van der Waals surface area contributed by atoms with Gasteiger partial charge in [-0.25, -0.2) is 0 Å². The highest BCUT2D eigenvalue weighted by Gasteiger charge is 2.02. The summed E-state index contributed by atoms with van der Waals surface area (Å²) >= 11 is 0. The number of nitrogens with zero attached hydrogens (tertiary/aromatic N) is 3. The summed E-state index contributed by atoms with van der Waals surface area (Å²) in [7, 11) is 9.81. The molecular formula is C21H40IN5O2. The fraction of sp³-hybridized carbons (Fsp3) is 0.667. The Morgan fingerprint density at radius 3 is 2.28 bits per heavy atom. The second kappa shape index (κ2) is 17.7. The smallest absolute Gasteiger partial charge is 0.191 e. The van der Waals surface area contributed by atoms with E-state index in [1.54, 1.807) is 14.2 Å². The third-order valence-electron chi connectivity index (χ3n) is 4.30. The van der Waals surface area contributed by atoms with Crippen molar-refractivity contribution in [2.24, 2.45) is 4.99 Å². The van der Waals surface area contributed by atoms with Gasteiger partial charge in [0.05, 0.1) is 6.61 Å². The van der Waals surface area contributed by atoms with E-state index in [1.165, 1.54) is 5.56 Å². The molecule has 0 amide bonds. The summed E-state index contributed by atoms with van der Waals surface area (Å²) in [4.78, 5) is 8.74. The quantitative estimate of drug-likeness (QED) is 0.170. The first-order chi connectivity index (χ1) is 13.5. The summed E-state index contributed by atoms with van der Waals surface area (Å²) in [5.41, 5.74) is 1.19. The van der Waals surface area contributed by atoms with Gasteiger partial charge < -0.3 is 29.9 Å². The minimum Gasteiger partial charge on any atom is -0.494 e. The first kappa shape index (κ1) is 27.9. The Morgan fingerprint density at radius 1 is 0.966 bits per heavy atom. The largest absolute Gasteiger partial charge is 0.494 e. The van der Waals surface area contributed by atoms with Crippen molar-refractivity contribution in [2.45, 2.75) is 19.4 Å². The zero-order chi connectivity index (χ0) is 20.6. The average molecular weight is 521 g/mol. The molecule has 0 radical (unpaired) electrons. The van der Waals surface area contributed by atoms with E-state index >= 15 is 0 Å². The van der Waals surface area contributed by atoms with Crippen LogP contribution < -0.4 is 15.4 Å². The van der Waals surface area contributed by atoms with Crippen LogP contribution in [0.5, 0.6) is 5.75 Å². The number of rotatable bonds is 14. The molecule has 0 heterocycles. The van der Waals surface area contributed by atoms with Gasteiger partial charge in [-0.3, -0.25) is 4.99 Å². The Morgan fingerprint density at radius 2 is 1.66 bits per heavy atom. The van der Waals surface area contributed by atoms with Crippen LogP contribution in [0.25, 0.3) is 0 Å². The van der Waals surface area contributed by atoms with Gasteiger partial charge >= 0.3 is 0 Å². The predicted octanol–water partition coefficient (Wildman–Crippen LogP) is 2.27. The lowest BCUT2D eigenvalue weighted by Crippen LogP contribution is -2.40. The molecule has 0 saturated carbocycles. The summed E-state index contributed by atoms with van der Waals surface area (Å²) < 4.78 is 10.9. The van der Waals surface area contributed by atoms with Crippen LogP contribution in [0.1, 0.15) is 18.4 Å². The summed E-state index contributed by atoms with van der Waals surface area (Å²) in [6.45, 7) is 6.16. The number of halogens is 1. The number of ether oxygens (including phenoxy) is 2. The maximum atomic E-state index is 5.77. The molecule has 0 saturated heterocycles. The van der Waals surface area contributed by atoms with Gasteiger partial charge in [0.25, 0.3) is 0 Å². The molecule has 0 fully saturated rings. The molecule has 0 unspecified atom stereocenters. The van der Waals surface area contributed by atoms with E-state index < -0.39 is 0 Å². The predicted molar refractivity (Wildman–Crippen MR) is 133 cm³/mol. The second-order valence-corrected chi connectivity index (χ2v) is 7.15. The van der Waals surface area contributed by atoms with Gasteiger partial charge in [0.1, 0.15) is 5.75 Å². The van der Waals surface area contributed by atoms with Gasteiger partial charge in [0, 0.05) is 53.5 Å². The average Bonchev–Trinajstić information content (AvgIpc) is 2.69. The molecule has 1 rings (SSSR count). The molecule has 7 nitrogen and oxygen atoms in total. The zero-order valence-electron chi connectivity index (χ0n) is 18.7. The molecule has 0 spiro atoms. The van der Waals surface area contributed by atoms with Crippen LogP contribution in [0, 0.1) is 0 Å². The molecule has 8 heteroatoms. The molecule has 1 aromatic rings. The highest BCUT2D eigenvalue weighted by atomic mass is 127. The second-order valence-electron chi connectivity index (χ2n) is 7.15. The van der Waals surface area contributed by atoms with Gasteiger partial charge in [-0.05, 0) is 51.7 Å². The Kier molecular flexibility index (Phi) is 17.1. The summed E-state index contributed by atoms with van der Waals surface area (Å²) in [6, 6.07) is 8.23. The van der Waals surface area contributed by atoms with E-state index in [1.807, 2.05) is 12.1 Å². The number of methoxy groups -OCH3 is 1. The Hall–Kier alpha value is -1.10. The molecule has 2 N–H and O–H groups in total. The van der Waals surface area contributed by atoms with Crippen LogP contribution in [-0.4, -0.2) is 90.5 Å². The Bertz CT molecular complexity index is 540. The van der Waals surface area contributed by atoms with Crippen LogP contribution in [0.2, 0.25) is 0 Å². The van der Waals surface area contributed by atoms with Gasteiger partial charge in [-0.15, -0.1) is 24.0 Å². The van der Waals surface area contributed by atoms with E-state index in [0.29, 0.717) is 0 Å². The van der Waals surface area contributed by atoms with E-state index in [-0.39, 0.29) is 24.0 Å². The molecule has 168 valence electrons. The first-order valence-corrected chi connectivity index (χ1v) is 10.0. The molecular weight excluding hydrogens is 481 g/mol. The zero-order valence-corrected chi connectivity index (χ0v) is 21.1. The third kappa shape index (κ3) is 14.5. The van der Waals surface area contributed by atoms with Crippen molar-refractivity contribution in [3.05, 3.63) is 29.8 Å². The number of guanidine groups is 1. The summed E-state index contributed by atoms with van der Waals surface area (Å²) in [5.74, 6) is 1.73. The van der Waals surface area contributed by atoms with Crippen molar-refractivity contribution in [1.29, 1.82) is 0 Å². The third-order valence-corrected chi connectivity index (χ3v) is 4.30. The van der Waals surface area contributed by atoms with Crippen molar-refractivity contribution in [2.75, 3.05) is 74.7 Å². The van der Waals surface area contributed by atoms with E-state index in [2.05, 4.69) is 58.7 Å². The number of hydrogen-bond donors (Lipinski definition) is 2. The summed E-state index contributed by atoms with van der Waals surface area (Å²) in [6.07, 6.45) is 2.08. The molecule has 0 atom stereocenters. The van der Waals surface area contributed by atoms with Crippen molar-refractivity contribution in [3.63, 3.8) is 0 Å². The van der Waals surface area contributed by atoms with Crippen LogP contribution >= 0.6 is 24.0 Å². The van der Waals surface area contributed by atoms with Crippen LogP contribution in [0.4, 0.5) is 0 Å². The van der Waals surface area contributed by atoms with Gasteiger partial charge in [0.15, 0.2) is 5.96 Å². The van der Waals surface area contributed by atoms with Crippen molar-refractivity contribution >= 4 is 29.9 Å². The van der Waals surface area contributed by atoms with Crippen LogP contribution in [0.3, 0.4) is 0 Å². The van der Waals surface area contributed by atoms with Gasteiger partial charge in [0.2, 0.25) is 0 Å². The highest BCUT2D eigenvalue weighted by Crippen LogP contribution is 2.12. The maximum absolute atomic E-state index is 5.77. The molecule has 0 aromatic heterocycles. The Labute approximate surface area is 194 Å². The van der Waals surface area contributed by atoms with Crippen LogP contribution in [-0.2, 0) is 11.3 Å². The van der Waals surface area contributed by atoms with E-state index in [4.69, 9.17) is 9.47 Å². The van der Waals surface area contributed by atoms with Crippen molar-refractivity contribution in [3.8, 4) is 5.75 Å². The van der Waals surface area contributed by atoms with Gasteiger partial charge in [-0.2, -0.15) is 0 Å². The SMILES string of the molecule is CN=C(NCCN(C)CCCOC)NCc1ccc(OCCCN(C)C)cc1.I. The highest BCUT2D eigenvalue weighted by molar-refractivity contribution is 14.0. The summed E-state index contributed by atoms with van der Waals surface area (Å²) in [5, 5.41) is 6.70. The lowest BCUT2D eigenvalue weighted by atomic mass is 10.2. The molecule has 1 aromatic carbocycles. The van der Waals surface area contributed by atoms with E-state index in [0.717, 1.165) is 70.5 Å². The van der Waals surface area contributed by atoms with Crippen molar-refractivity contribution in [1.82, 2.24) is 20.4 Å². The minimum absolute atomic E-state index is 0.